The second-order valence-corrected chi connectivity index (χ2v) is 13.9. The normalized spacial score (nSPS) is 17.2. The summed E-state index contributed by atoms with van der Waals surface area (Å²) in [5.41, 5.74) is 8.05. The van der Waals surface area contributed by atoms with Crippen molar-refractivity contribution < 1.29 is 34.1 Å². The van der Waals surface area contributed by atoms with Crippen LogP contribution in [0, 0.1) is 31.3 Å². The van der Waals surface area contributed by atoms with Gasteiger partial charge in [0.1, 0.15) is 5.58 Å². The molecule has 0 saturated heterocycles. The quantitative estimate of drug-likeness (QED) is 0.165. The minimum absolute atomic E-state index is 0. The zero-order valence-corrected chi connectivity index (χ0v) is 31.4. The van der Waals surface area contributed by atoms with E-state index in [0.29, 0.717) is 16.7 Å². The van der Waals surface area contributed by atoms with E-state index < -0.39 is 19.6 Å². The largest absolute Gasteiger partial charge is 0.501 e. The van der Waals surface area contributed by atoms with E-state index in [1.165, 1.54) is 35.2 Å². The van der Waals surface area contributed by atoms with Crippen molar-refractivity contribution in [2.24, 2.45) is 5.41 Å². The standard InChI is InChI=1S/C34H29N2O.C13H12N.Ir/c1-34(2)17-14-22(15-18-34)25-10-12-29(36-21-25)24-16-19-35-30(20-24)27-8-5-9-28-32-26-7-4-3-6-23(26)11-13-31(32)37-33(27)28;1-10-3-6-12(7-4-10)13-8-5-11(2)9-14-13;/h3-7,9-13,16,19-22H,14-15,17-18H2,1-2H3;3-6,8-9H,1-2H3;/q2*-1;/i22D;1D3,2D3;. The van der Waals surface area contributed by atoms with Crippen LogP contribution in [0.4, 0.5) is 0 Å². The molecule has 4 aromatic carbocycles. The Labute approximate surface area is 329 Å². The van der Waals surface area contributed by atoms with Crippen LogP contribution in [0.25, 0.3) is 66.5 Å². The van der Waals surface area contributed by atoms with E-state index in [2.05, 4.69) is 84.5 Å². The summed E-state index contributed by atoms with van der Waals surface area (Å²) in [7, 11) is 0. The Kier molecular flexibility index (Phi) is 7.95. The van der Waals surface area contributed by atoms with Gasteiger partial charge in [0.05, 0.1) is 11.3 Å². The van der Waals surface area contributed by atoms with Crippen LogP contribution in [0.1, 0.15) is 71.7 Å². The van der Waals surface area contributed by atoms with Crippen LogP contribution < -0.4 is 0 Å². The van der Waals surface area contributed by atoms with Crippen molar-refractivity contribution in [2.75, 3.05) is 0 Å². The van der Waals surface area contributed by atoms with Gasteiger partial charge in [-0.2, -0.15) is 0 Å². The van der Waals surface area contributed by atoms with Crippen LogP contribution in [0.5, 0.6) is 0 Å². The molecule has 0 aliphatic heterocycles. The predicted octanol–water partition coefficient (Wildman–Crippen LogP) is 12.5. The maximum absolute atomic E-state index is 9.07. The van der Waals surface area contributed by atoms with E-state index >= 15 is 0 Å². The number of hydrogen-bond donors (Lipinski definition) is 0. The first kappa shape index (κ1) is 27.7. The number of aromatic nitrogens is 3. The van der Waals surface area contributed by atoms with Gasteiger partial charge in [-0.25, -0.2) is 0 Å². The van der Waals surface area contributed by atoms with E-state index in [4.69, 9.17) is 19.0 Å². The Morgan fingerprint density at radius 1 is 0.769 bits per heavy atom. The minimum atomic E-state index is -2.18. The smallest absolute Gasteiger partial charge is 0.121 e. The van der Waals surface area contributed by atoms with Crippen LogP contribution in [0.2, 0.25) is 0 Å². The molecule has 1 fully saturated rings. The second kappa shape index (κ2) is 14.9. The summed E-state index contributed by atoms with van der Waals surface area (Å²) in [6, 6.07) is 38.6. The van der Waals surface area contributed by atoms with Crippen LogP contribution in [0.3, 0.4) is 0 Å². The average molecular weight is 863 g/mol. The Morgan fingerprint density at radius 2 is 1.58 bits per heavy atom. The fourth-order valence-corrected chi connectivity index (χ4v) is 6.86. The Morgan fingerprint density at radius 3 is 2.33 bits per heavy atom. The van der Waals surface area contributed by atoms with Gasteiger partial charge in [0.2, 0.25) is 0 Å². The fraction of sp³-hybridized carbons (Fsp3) is 0.213. The van der Waals surface area contributed by atoms with Gasteiger partial charge in [-0.15, -0.1) is 53.6 Å². The first-order valence-electron chi connectivity index (χ1n) is 20.8. The third-order valence-electron chi connectivity index (χ3n) is 9.86. The van der Waals surface area contributed by atoms with Crippen molar-refractivity contribution in [3.8, 4) is 33.8 Å². The number of aryl methyl sites for hydroxylation is 2. The van der Waals surface area contributed by atoms with Crippen LogP contribution in [-0.4, -0.2) is 15.0 Å². The molecule has 4 nitrogen and oxygen atoms in total. The van der Waals surface area contributed by atoms with Crippen molar-refractivity contribution in [3.63, 3.8) is 0 Å². The molecule has 9 rings (SSSR count). The van der Waals surface area contributed by atoms with Gasteiger partial charge in [-0.1, -0.05) is 86.2 Å². The zero-order valence-electron chi connectivity index (χ0n) is 36.0. The maximum atomic E-state index is 9.07. The van der Waals surface area contributed by atoms with Crippen LogP contribution >= 0.6 is 0 Å². The number of rotatable bonds is 4. The monoisotopic (exact) mass is 863 g/mol. The molecule has 0 unspecified atom stereocenters. The molecule has 261 valence electrons. The molecule has 0 amide bonds. The molecule has 4 heterocycles. The van der Waals surface area contributed by atoms with Crippen molar-refractivity contribution in [1.29, 1.82) is 0 Å². The van der Waals surface area contributed by atoms with Gasteiger partial charge >= 0.3 is 0 Å². The molecule has 1 aliphatic carbocycles. The van der Waals surface area contributed by atoms with E-state index in [0.717, 1.165) is 75.7 Å². The van der Waals surface area contributed by atoms with Crippen molar-refractivity contribution in [2.45, 2.75) is 59.1 Å². The summed E-state index contributed by atoms with van der Waals surface area (Å²) in [6.45, 7) is 0.273. The molecule has 4 aromatic heterocycles. The van der Waals surface area contributed by atoms with E-state index in [1.54, 1.807) is 12.1 Å². The fourth-order valence-electron chi connectivity index (χ4n) is 6.86. The van der Waals surface area contributed by atoms with Crippen LogP contribution in [0.15, 0.2) is 126 Å². The minimum Gasteiger partial charge on any atom is -0.501 e. The second-order valence-electron chi connectivity index (χ2n) is 13.9. The van der Waals surface area contributed by atoms with E-state index in [9.17, 15) is 0 Å². The molecule has 0 spiro atoms. The molecule has 8 aromatic rings. The van der Waals surface area contributed by atoms with Gasteiger partial charge < -0.3 is 14.4 Å². The number of nitrogens with zero attached hydrogens (tertiary/aromatic N) is 3. The third kappa shape index (κ3) is 7.35. The Hall–Kier alpha value is -4.96. The Balaban J connectivity index is 0.000000214. The molecule has 1 saturated carbocycles. The van der Waals surface area contributed by atoms with E-state index in [-0.39, 0.29) is 31.2 Å². The molecule has 0 atom stereocenters. The number of pyridine rings is 3. The Bertz CT molecular complexity index is 2680. The first-order chi connectivity index (χ1) is 27.6. The first-order valence-corrected chi connectivity index (χ1v) is 17.3. The summed E-state index contributed by atoms with van der Waals surface area (Å²) >= 11 is 0. The molecule has 1 aliphatic rings. The van der Waals surface area contributed by atoms with Gasteiger partial charge in [0.25, 0.3) is 0 Å². The number of furan rings is 1. The molecule has 1 radical (unpaired) electrons. The third-order valence-corrected chi connectivity index (χ3v) is 9.86. The number of benzene rings is 4. The zero-order chi connectivity index (χ0) is 40.9. The molecular weight excluding hydrogens is 815 g/mol. The summed E-state index contributed by atoms with van der Waals surface area (Å²) < 4.78 is 59.1. The van der Waals surface area contributed by atoms with Gasteiger partial charge in [-0.05, 0) is 101 Å². The SMILES string of the molecule is [2H]C([2H])([2H])c1c[c-]c(-c2ccc(C([2H])([2H])[2H])cn2)cc1.[2H]C1(c2ccc(-c3ccnc(-c4[c-]ccc5c4oc4ccc6ccccc6c45)c3)nc2)CCC(C)(C)CC1.[Ir]. The van der Waals surface area contributed by atoms with Crippen LogP contribution in [-0.2, 0) is 20.1 Å². The summed E-state index contributed by atoms with van der Waals surface area (Å²) in [5, 5.41) is 4.56. The summed E-state index contributed by atoms with van der Waals surface area (Å²) in [6.07, 6.45) is 8.93. The molecule has 52 heavy (non-hydrogen) atoms. The number of fused-ring (bicyclic) bond motifs is 5. The molecule has 0 bridgehead atoms. The van der Waals surface area contributed by atoms with Gasteiger partial charge in [-0.3, -0.25) is 4.98 Å². The molecular formula is C47H41IrN3O-2. The van der Waals surface area contributed by atoms with Gasteiger partial charge in [0, 0.05) is 53.7 Å². The average Bonchev–Trinajstić information content (AvgIpc) is 3.62. The van der Waals surface area contributed by atoms with Gasteiger partial charge in [0.15, 0.2) is 0 Å². The maximum Gasteiger partial charge on any atom is 0.121 e. The topological polar surface area (TPSA) is 51.8 Å². The van der Waals surface area contributed by atoms with E-state index in [1.807, 2.05) is 36.7 Å². The molecule has 0 N–H and O–H groups in total. The van der Waals surface area contributed by atoms with Crippen molar-refractivity contribution in [1.82, 2.24) is 15.0 Å². The van der Waals surface area contributed by atoms with Crippen molar-refractivity contribution in [3.05, 3.63) is 151 Å². The predicted molar refractivity (Wildman–Crippen MR) is 209 cm³/mol. The summed E-state index contributed by atoms with van der Waals surface area (Å²) in [4.78, 5) is 13.6. The summed E-state index contributed by atoms with van der Waals surface area (Å²) in [5.74, 6) is -0.541. The van der Waals surface area contributed by atoms with Crippen molar-refractivity contribution >= 4 is 32.7 Å². The number of hydrogen-bond acceptors (Lipinski definition) is 4. The molecule has 5 heteroatoms.